The number of rotatable bonds is 4. The highest BCUT2D eigenvalue weighted by atomic mass is 19.1. The Balaban J connectivity index is 2.39. The van der Waals surface area contributed by atoms with Crippen LogP contribution in [0.5, 0.6) is 11.5 Å². The summed E-state index contributed by atoms with van der Waals surface area (Å²) in [5.74, 6) is 0.640. The Labute approximate surface area is 101 Å². The van der Waals surface area contributed by atoms with Crippen molar-refractivity contribution in [2.45, 2.75) is 38.3 Å². The van der Waals surface area contributed by atoms with Gasteiger partial charge >= 0.3 is 0 Å². The molecule has 0 amide bonds. The SMILES string of the molecule is COc1cc(C2(N)CC2)c(F)cc1OC(C)C. The van der Waals surface area contributed by atoms with Gasteiger partial charge < -0.3 is 15.2 Å². The number of halogens is 1. The van der Waals surface area contributed by atoms with Gasteiger partial charge in [0.1, 0.15) is 5.82 Å². The minimum absolute atomic E-state index is 0.0260. The highest BCUT2D eigenvalue weighted by molar-refractivity contribution is 5.47. The van der Waals surface area contributed by atoms with Crippen molar-refractivity contribution in [3.63, 3.8) is 0 Å². The molecule has 1 aliphatic carbocycles. The molecule has 4 heteroatoms. The molecule has 3 nitrogen and oxygen atoms in total. The van der Waals surface area contributed by atoms with Gasteiger partial charge in [-0.3, -0.25) is 0 Å². The van der Waals surface area contributed by atoms with Crippen LogP contribution < -0.4 is 15.2 Å². The third-order valence-corrected chi connectivity index (χ3v) is 2.94. The van der Waals surface area contributed by atoms with Gasteiger partial charge in [-0.2, -0.15) is 0 Å². The zero-order valence-corrected chi connectivity index (χ0v) is 10.4. The second-order valence-electron chi connectivity index (χ2n) is 4.81. The van der Waals surface area contributed by atoms with Gasteiger partial charge in [0, 0.05) is 17.2 Å². The van der Waals surface area contributed by atoms with Crippen molar-refractivity contribution in [3.05, 3.63) is 23.5 Å². The Morgan fingerprint density at radius 3 is 2.41 bits per heavy atom. The lowest BCUT2D eigenvalue weighted by molar-refractivity contribution is 0.228. The summed E-state index contributed by atoms with van der Waals surface area (Å²) in [6.45, 7) is 3.77. The van der Waals surface area contributed by atoms with E-state index in [0.29, 0.717) is 17.1 Å². The van der Waals surface area contributed by atoms with Crippen LogP contribution >= 0.6 is 0 Å². The van der Waals surface area contributed by atoms with E-state index >= 15 is 0 Å². The van der Waals surface area contributed by atoms with E-state index in [1.54, 1.807) is 13.2 Å². The van der Waals surface area contributed by atoms with Gasteiger partial charge in [-0.05, 0) is 32.8 Å². The Morgan fingerprint density at radius 1 is 1.29 bits per heavy atom. The molecular weight excluding hydrogens is 221 g/mol. The van der Waals surface area contributed by atoms with Crippen molar-refractivity contribution in [3.8, 4) is 11.5 Å². The van der Waals surface area contributed by atoms with Crippen molar-refractivity contribution in [1.29, 1.82) is 0 Å². The maximum absolute atomic E-state index is 13.9. The van der Waals surface area contributed by atoms with E-state index < -0.39 is 5.54 Å². The molecule has 0 spiro atoms. The van der Waals surface area contributed by atoms with E-state index in [1.807, 2.05) is 13.8 Å². The summed E-state index contributed by atoms with van der Waals surface area (Å²) < 4.78 is 24.7. The van der Waals surface area contributed by atoms with Gasteiger partial charge in [-0.15, -0.1) is 0 Å². The van der Waals surface area contributed by atoms with E-state index in [-0.39, 0.29) is 11.9 Å². The molecule has 94 valence electrons. The molecule has 1 fully saturated rings. The van der Waals surface area contributed by atoms with Crippen LogP contribution in [0.1, 0.15) is 32.3 Å². The maximum atomic E-state index is 13.9. The Hall–Kier alpha value is -1.29. The molecule has 1 aliphatic rings. The molecule has 0 bridgehead atoms. The van der Waals surface area contributed by atoms with E-state index in [0.717, 1.165) is 12.8 Å². The lowest BCUT2D eigenvalue weighted by atomic mass is 10.0. The lowest BCUT2D eigenvalue weighted by Gasteiger charge is -2.17. The smallest absolute Gasteiger partial charge is 0.164 e. The molecule has 1 saturated carbocycles. The predicted octanol–water partition coefficient (Wildman–Crippen LogP) is 2.57. The van der Waals surface area contributed by atoms with Crippen LogP contribution in [0.4, 0.5) is 4.39 Å². The van der Waals surface area contributed by atoms with Crippen molar-refractivity contribution in [2.75, 3.05) is 7.11 Å². The Morgan fingerprint density at radius 2 is 1.94 bits per heavy atom. The normalized spacial score (nSPS) is 17.1. The number of nitrogens with two attached hydrogens (primary N) is 1. The Kier molecular flexibility index (Phi) is 3.00. The first-order valence-corrected chi connectivity index (χ1v) is 5.80. The highest BCUT2D eigenvalue weighted by Gasteiger charge is 2.42. The predicted molar refractivity (Wildman–Crippen MR) is 63.8 cm³/mol. The second-order valence-corrected chi connectivity index (χ2v) is 4.81. The van der Waals surface area contributed by atoms with Gasteiger partial charge in [0.05, 0.1) is 13.2 Å². The van der Waals surface area contributed by atoms with Crippen molar-refractivity contribution < 1.29 is 13.9 Å². The fourth-order valence-corrected chi connectivity index (χ4v) is 1.83. The largest absolute Gasteiger partial charge is 0.493 e. The number of hydrogen-bond donors (Lipinski definition) is 1. The van der Waals surface area contributed by atoms with Crippen LogP contribution in [0.2, 0.25) is 0 Å². The zero-order chi connectivity index (χ0) is 12.6. The van der Waals surface area contributed by atoms with Gasteiger partial charge in [0.25, 0.3) is 0 Å². The zero-order valence-electron chi connectivity index (χ0n) is 10.4. The summed E-state index contributed by atoms with van der Waals surface area (Å²) in [5.41, 5.74) is 6.02. The third-order valence-electron chi connectivity index (χ3n) is 2.94. The minimum Gasteiger partial charge on any atom is -0.493 e. The molecule has 17 heavy (non-hydrogen) atoms. The maximum Gasteiger partial charge on any atom is 0.164 e. The number of ether oxygens (including phenoxy) is 2. The molecule has 0 saturated heterocycles. The van der Waals surface area contributed by atoms with E-state index in [1.165, 1.54) is 6.07 Å². The van der Waals surface area contributed by atoms with Gasteiger partial charge in [0.15, 0.2) is 11.5 Å². The fraction of sp³-hybridized carbons (Fsp3) is 0.538. The summed E-state index contributed by atoms with van der Waals surface area (Å²) in [4.78, 5) is 0. The molecule has 0 atom stereocenters. The number of methoxy groups -OCH3 is 1. The first-order valence-electron chi connectivity index (χ1n) is 5.80. The molecule has 0 heterocycles. The quantitative estimate of drug-likeness (QED) is 0.878. The minimum atomic E-state index is -0.506. The van der Waals surface area contributed by atoms with Crippen LogP contribution in [-0.4, -0.2) is 13.2 Å². The first-order chi connectivity index (χ1) is 7.96. The first kappa shape index (κ1) is 12.2. The molecule has 0 aromatic heterocycles. The molecule has 2 rings (SSSR count). The highest BCUT2D eigenvalue weighted by Crippen LogP contribution is 2.46. The number of hydrogen-bond acceptors (Lipinski definition) is 3. The van der Waals surface area contributed by atoms with Crippen LogP contribution in [0.15, 0.2) is 12.1 Å². The molecule has 1 aromatic carbocycles. The molecule has 2 N–H and O–H groups in total. The molecular formula is C13H18FNO2. The summed E-state index contributed by atoms with van der Waals surface area (Å²) in [6.07, 6.45) is 1.61. The summed E-state index contributed by atoms with van der Waals surface area (Å²) in [5, 5.41) is 0. The van der Waals surface area contributed by atoms with E-state index in [9.17, 15) is 4.39 Å². The van der Waals surface area contributed by atoms with Crippen LogP contribution in [-0.2, 0) is 5.54 Å². The van der Waals surface area contributed by atoms with Crippen LogP contribution in [0, 0.1) is 5.82 Å². The number of benzene rings is 1. The molecule has 0 aliphatic heterocycles. The van der Waals surface area contributed by atoms with Crippen molar-refractivity contribution in [2.24, 2.45) is 5.73 Å². The Bertz CT molecular complexity index is 428. The third kappa shape index (κ3) is 2.36. The van der Waals surface area contributed by atoms with Gasteiger partial charge in [-0.1, -0.05) is 0 Å². The van der Waals surface area contributed by atoms with Crippen LogP contribution in [0.3, 0.4) is 0 Å². The van der Waals surface area contributed by atoms with Crippen molar-refractivity contribution >= 4 is 0 Å². The molecule has 0 unspecified atom stereocenters. The average molecular weight is 239 g/mol. The lowest BCUT2D eigenvalue weighted by Crippen LogP contribution is -2.20. The average Bonchev–Trinajstić information content (AvgIpc) is 2.96. The standard InChI is InChI=1S/C13H18FNO2/c1-8(2)17-12-7-10(14)9(6-11(12)16-3)13(15)4-5-13/h6-8H,4-5,15H2,1-3H3. The molecule has 0 radical (unpaired) electrons. The van der Waals surface area contributed by atoms with Gasteiger partial charge in [0.2, 0.25) is 0 Å². The summed E-state index contributed by atoms with van der Waals surface area (Å²) in [7, 11) is 1.54. The van der Waals surface area contributed by atoms with Gasteiger partial charge in [-0.25, -0.2) is 4.39 Å². The molecule has 1 aromatic rings. The van der Waals surface area contributed by atoms with E-state index in [4.69, 9.17) is 15.2 Å². The summed E-state index contributed by atoms with van der Waals surface area (Å²) in [6, 6.07) is 3.02. The topological polar surface area (TPSA) is 44.5 Å². The second kappa shape index (κ2) is 4.18. The monoisotopic (exact) mass is 239 g/mol. The van der Waals surface area contributed by atoms with Crippen molar-refractivity contribution in [1.82, 2.24) is 0 Å². The van der Waals surface area contributed by atoms with Crippen LogP contribution in [0.25, 0.3) is 0 Å². The summed E-state index contributed by atoms with van der Waals surface area (Å²) >= 11 is 0. The van der Waals surface area contributed by atoms with E-state index in [2.05, 4.69) is 0 Å². The fourth-order valence-electron chi connectivity index (χ4n) is 1.83.